The average molecular weight is 426 g/mol. The molecule has 1 aromatic heterocycles. The number of halogens is 1. The monoisotopic (exact) mass is 425 g/mol. The van der Waals surface area contributed by atoms with Gasteiger partial charge in [-0.05, 0) is 61.0 Å². The average Bonchev–Trinajstić information content (AvgIpc) is 3.07. The number of carbonyl (C=O) groups excluding carboxylic acids is 1. The molecule has 0 spiro atoms. The largest absolute Gasteiger partial charge is 0.273 e. The van der Waals surface area contributed by atoms with E-state index in [4.69, 9.17) is 11.6 Å². The SMILES string of the molecule is Cc1ccsc1/C=N\NC(=O)[C@H]1CCCN(S(=O)(=O)c2ccc(Cl)cc2)C1. The Bertz CT molecular complexity index is 939. The molecule has 3 rings (SSSR count). The van der Waals surface area contributed by atoms with Gasteiger partial charge in [0.1, 0.15) is 0 Å². The van der Waals surface area contributed by atoms with Crippen molar-refractivity contribution in [2.45, 2.75) is 24.7 Å². The highest BCUT2D eigenvalue weighted by Gasteiger charge is 2.33. The van der Waals surface area contributed by atoms with Crippen molar-refractivity contribution < 1.29 is 13.2 Å². The van der Waals surface area contributed by atoms with Crippen molar-refractivity contribution in [1.29, 1.82) is 0 Å². The summed E-state index contributed by atoms with van der Waals surface area (Å²) in [7, 11) is -3.65. The number of aryl methyl sites for hydroxylation is 1. The topological polar surface area (TPSA) is 78.8 Å². The first-order valence-electron chi connectivity index (χ1n) is 8.50. The minimum atomic E-state index is -3.65. The smallest absolute Gasteiger partial charge is 0.244 e. The summed E-state index contributed by atoms with van der Waals surface area (Å²) in [6.45, 7) is 2.51. The predicted octanol–water partition coefficient (Wildman–Crippen LogP) is 3.26. The Hall–Kier alpha value is -1.74. The molecule has 1 aliphatic heterocycles. The van der Waals surface area contributed by atoms with E-state index in [-0.39, 0.29) is 17.3 Å². The molecule has 1 atom stereocenters. The second-order valence-corrected chi connectivity index (χ2v) is 9.68. The fourth-order valence-electron chi connectivity index (χ4n) is 2.89. The van der Waals surface area contributed by atoms with E-state index in [1.807, 2.05) is 18.4 Å². The molecule has 1 aliphatic rings. The summed E-state index contributed by atoms with van der Waals surface area (Å²) in [5, 5.41) is 6.44. The van der Waals surface area contributed by atoms with Crippen LogP contribution in [0.3, 0.4) is 0 Å². The molecular weight excluding hydrogens is 406 g/mol. The number of nitrogens with one attached hydrogen (secondary N) is 1. The van der Waals surface area contributed by atoms with Crippen molar-refractivity contribution in [3.8, 4) is 0 Å². The molecule has 6 nitrogen and oxygen atoms in total. The lowest BCUT2D eigenvalue weighted by Crippen LogP contribution is -2.44. The van der Waals surface area contributed by atoms with Crippen LogP contribution < -0.4 is 5.43 Å². The first kappa shape index (κ1) is 20.0. The molecule has 1 N–H and O–H groups in total. The minimum Gasteiger partial charge on any atom is -0.273 e. The number of carbonyl (C=O) groups is 1. The predicted molar refractivity (Wildman–Crippen MR) is 108 cm³/mol. The molecule has 1 aromatic carbocycles. The maximum Gasteiger partial charge on any atom is 0.244 e. The third-order valence-electron chi connectivity index (χ3n) is 4.46. The molecule has 2 heterocycles. The Morgan fingerprint density at radius 1 is 1.33 bits per heavy atom. The third-order valence-corrected chi connectivity index (χ3v) is 7.55. The number of hydrogen-bond donors (Lipinski definition) is 1. The van der Waals surface area contributed by atoms with Gasteiger partial charge in [0.05, 0.1) is 17.0 Å². The van der Waals surface area contributed by atoms with Gasteiger partial charge in [-0.15, -0.1) is 11.3 Å². The van der Waals surface area contributed by atoms with Crippen LogP contribution in [0.4, 0.5) is 0 Å². The maximum absolute atomic E-state index is 12.8. The van der Waals surface area contributed by atoms with Gasteiger partial charge in [-0.3, -0.25) is 4.79 Å². The van der Waals surface area contributed by atoms with E-state index in [1.54, 1.807) is 29.7 Å². The van der Waals surface area contributed by atoms with Crippen LogP contribution in [0.1, 0.15) is 23.3 Å². The van der Waals surface area contributed by atoms with Gasteiger partial charge in [0, 0.05) is 23.0 Å². The van der Waals surface area contributed by atoms with Crippen LogP contribution in [0.25, 0.3) is 0 Å². The second kappa shape index (κ2) is 8.52. The van der Waals surface area contributed by atoms with E-state index >= 15 is 0 Å². The molecule has 0 aliphatic carbocycles. The normalized spacial score (nSPS) is 18.7. The van der Waals surface area contributed by atoms with Crippen LogP contribution in [0.5, 0.6) is 0 Å². The number of thiophene rings is 1. The highest BCUT2D eigenvalue weighted by molar-refractivity contribution is 7.89. The number of benzene rings is 1. The Labute approximate surface area is 167 Å². The van der Waals surface area contributed by atoms with Gasteiger partial charge in [0.2, 0.25) is 15.9 Å². The zero-order valence-electron chi connectivity index (χ0n) is 14.8. The highest BCUT2D eigenvalue weighted by atomic mass is 35.5. The first-order valence-corrected chi connectivity index (χ1v) is 11.2. The third kappa shape index (κ3) is 4.76. The van der Waals surface area contributed by atoms with Crippen molar-refractivity contribution in [2.24, 2.45) is 11.0 Å². The molecule has 1 amide bonds. The van der Waals surface area contributed by atoms with Gasteiger partial charge < -0.3 is 0 Å². The fraction of sp³-hybridized carbons (Fsp3) is 0.333. The molecule has 27 heavy (non-hydrogen) atoms. The highest BCUT2D eigenvalue weighted by Crippen LogP contribution is 2.25. The molecule has 9 heteroatoms. The minimum absolute atomic E-state index is 0.143. The van der Waals surface area contributed by atoms with Gasteiger partial charge in [-0.25, -0.2) is 13.8 Å². The first-order chi connectivity index (χ1) is 12.9. The molecule has 0 bridgehead atoms. The lowest BCUT2D eigenvalue weighted by Gasteiger charge is -2.30. The number of hydrogen-bond acceptors (Lipinski definition) is 5. The van der Waals surface area contributed by atoms with Crippen molar-refractivity contribution in [3.05, 3.63) is 51.2 Å². The summed E-state index contributed by atoms with van der Waals surface area (Å²) in [6.07, 6.45) is 2.87. The number of piperidine rings is 1. The molecule has 0 unspecified atom stereocenters. The zero-order valence-corrected chi connectivity index (χ0v) is 17.1. The molecule has 144 valence electrons. The summed E-state index contributed by atoms with van der Waals surface area (Å²) in [4.78, 5) is 13.6. The summed E-state index contributed by atoms with van der Waals surface area (Å²) >= 11 is 7.38. The van der Waals surface area contributed by atoms with Crippen LogP contribution in [0.2, 0.25) is 5.02 Å². The molecule has 0 saturated carbocycles. The molecular formula is C18H20ClN3O3S2. The second-order valence-electron chi connectivity index (χ2n) is 6.36. The number of hydrazone groups is 1. The lowest BCUT2D eigenvalue weighted by molar-refractivity contribution is -0.126. The van der Waals surface area contributed by atoms with Crippen molar-refractivity contribution in [2.75, 3.05) is 13.1 Å². The summed E-state index contributed by atoms with van der Waals surface area (Å²) in [5.74, 6) is -0.695. The Kier molecular flexibility index (Phi) is 6.31. The molecule has 0 radical (unpaired) electrons. The van der Waals surface area contributed by atoms with Gasteiger partial charge in [-0.1, -0.05) is 11.6 Å². The zero-order chi connectivity index (χ0) is 19.4. The van der Waals surface area contributed by atoms with Crippen LogP contribution in [0, 0.1) is 12.8 Å². The van der Waals surface area contributed by atoms with Crippen LogP contribution in [-0.2, 0) is 14.8 Å². The lowest BCUT2D eigenvalue weighted by atomic mass is 9.99. The summed E-state index contributed by atoms with van der Waals surface area (Å²) in [6, 6.07) is 8.03. The van der Waals surface area contributed by atoms with Crippen molar-refractivity contribution in [1.82, 2.24) is 9.73 Å². The number of nitrogens with zero attached hydrogens (tertiary/aromatic N) is 2. The number of rotatable bonds is 5. The van der Waals surface area contributed by atoms with Gasteiger partial charge >= 0.3 is 0 Å². The Balaban J connectivity index is 1.64. The molecule has 2 aromatic rings. The van der Waals surface area contributed by atoms with E-state index in [0.717, 1.165) is 10.4 Å². The van der Waals surface area contributed by atoms with E-state index in [2.05, 4.69) is 10.5 Å². The summed E-state index contributed by atoms with van der Waals surface area (Å²) in [5.41, 5.74) is 3.63. The van der Waals surface area contributed by atoms with E-state index in [9.17, 15) is 13.2 Å². The summed E-state index contributed by atoms with van der Waals surface area (Å²) < 4.78 is 27.0. The van der Waals surface area contributed by atoms with Crippen LogP contribution in [0.15, 0.2) is 45.7 Å². The molecule has 1 saturated heterocycles. The Morgan fingerprint density at radius 3 is 2.74 bits per heavy atom. The molecule has 1 fully saturated rings. The van der Waals surface area contributed by atoms with Crippen molar-refractivity contribution in [3.63, 3.8) is 0 Å². The Morgan fingerprint density at radius 2 is 2.07 bits per heavy atom. The van der Waals surface area contributed by atoms with Gasteiger partial charge in [-0.2, -0.15) is 9.41 Å². The van der Waals surface area contributed by atoms with Crippen LogP contribution >= 0.6 is 22.9 Å². The van der Waals surface area contributed by atoms with Crippen LogP contribution in [-0.4, -0.2) is 37.9 Å². The fourth-order valence-corrected chi connectivity index (χ4v) is 5.33. The number of sulfonamides is 1. The van der Waals surface area contributed by atoms with E-state index in [0.29, 0.717) is 24.4 Å². The van der Waals surface area contributed by atoms with Crippen molar-refractivity contribution >= 4 is 45.1 Å². The van der Waals surface area contributed by atoms with Gasteiger partial charge in [0.15, 0.2) is 0 Å². The van der Waals surface area contributed by atoms with E-state index < -0.39 is 15.9 Å². The van der Waals surface area contributed by atoms with Gasteiger partial charge in [0.25, 0.3) is 0 Å². The van der Waals surface area contributed by atoms with E-state index in [1.165, 1.54) is 16.4 Å². The standard InChI is InChI=1S/C18H20ClN3O3S2/c1-13-8-10-26-17(13)11-20-21-18(23)14-3-2-9-22(12-14)27(24,25)16-6-4-15(19)5-7-16/h4-8,10-11,14H,2-3,9,12H2,1H3,(H,21,23)/b20-11-/t14-/m0/s1. The maximum atomic E-state index is 12.8. The quantitative estimate of drug-likeness (QED) is 0.589. The number of amides is 1.